The van der Waals surface area contributed by atoms with Gasteiger partial charge >= 0.3 is 0 Å². The van der Waals surface area contributed by atoms with Crippen LogP contribution in [0.3, 0.4) is 0 Å². The fourth-order valence-corrected chi connectivity index (χ4v) is 3.78. The fraction of sp³-hybridized carbons (Fsp3) is 0.111. The van der Waals surface area contributed by atoms with E-state index in [1.807, 2.05) is 19.9 Å². The van der Waals surface area contributed by atoms with E-state index >= 15 is 0 Å². The van der Waals surface area contributed by atoms with Crippen molar-refractivity contribution < 1.29 is 17.6 Å². The molecule has 3 rings (SSSR count). The lowest BCUT2D eigenvalue weighted by Gasteiger charge is -2.10. The maximum atomic E-state index is 13.3. The van der Waals surface area contributed by atoms with Crippen LogP contribution in [0.25, 0.3) is 0 Å². The Morgan fingerprint density at radius 2 is 1.78 bits per heavy atom. The van der Waals surface area contributed by atoms with Crippen molar-refractivity contribution in [1.82, 2.24) is 10.2 Å². The lowest BCUT2D eigenvalue weighted by Crippen LogP contribution is -2.20. The maximum absolute atomic E-state index is 13.3. The molecular weight excluding hydrogens is 371 g/mol. The third kappa shape index (κ3) is 4.32. The van der Waals surface area contributed by atoms with Crippen LogP contribution in [0.15, 0.2) is 53.7 Å². The summed E-state index contributed by atoms with van der Waals surface area (Å²) in [4.78, 5) is 12.4. The van der Waals surface area contributed by atoms with Gasteiger partial charge in [0.15, 0.2) is 5.03 Å². The van der Waals surface area contributed by atoms with Crippen LogP contribution >= 0.6 is 0 Å². The fourth-order valence-electron chi connectivity index (χ4n) is 2.65. The molecule has 1 heterocycles. The molecule has 0 aliphatic carbocycles. The average Bonchev–Trinajstić information content (AvgIpc) is 3.04. The van der Waals surface area contributed by atoms with Gasteiger partial charge in [-0.05, 0) is 55.3 Å². The molecule has 0 spiro atoms. The van der Waals surface area contributed by atoms with Gasteiger partial charge in [-0.25, -0.2) is 4.39 Å². The summed E-state index contributed by atoms with van der Waals surface area (Å²) in [6.45, 7) is 3.69. The minimum absolute atomic E-state index is 0.184. The number of sulfonamides is 1. The Morgan fingerprint density at radius 3 is 2.44 bits per heavy atom. The Bertz CT molecular complexity index is 1090. The number of aromatic nitrogens is 2. The van der Waals surface area contributed by atoms with Crippen LogP contribution in [0.1, 0.15) is 21.5 Å². The molecule has 2 aromatic carbocycles. The van der Waals surface area contributed by atoms with Crippen molar-refractivity contribution in [3.8, 4) is 0 Å². The van der Waals surface area contributed by atoms with Gasteiger partial charge < -0.3 is 5.32 Å². The Morgan fingerprint density at radius 1 is 1.07 bits per heavy atom. The van der Waals surface area contributed by atoms with Crippen LogP contribution < -0.4 is 10.0 Å². The molecule has 3 aromatic rings. The van der Waals surface area contributed by atoms with Gasteiger partial charge in [0, 0.05) is 11.4 Å². The van der Waals surface area contributed by atoms with Crippen molar-refractivity contribution in [1.29, 1.82) is 0 Å². The molecule has 9 heteroatoms. The summed E-state index contributed by atoms with van der Waals surface area (Å²) in [5.74, 6) is -1.25. The third-order valence-corrected chi connectivity index (χ3v) is 5.03. The molecule has 0 bridgehead atoms. The number of nitrogens with zero attached hydrogens (tertiary/aromatic N) is 1. The number of halogens is 1. The molecule has 7 nitrogen and oxygen atoms in total. The second-order valence-electron chi connectivity index (χ2n) is 6.06. The normalized spacial score (nSPS) is 11.2. The zero-order chi connectivity index (χ0) is 19.6. The number of aryl methyl sites for hydroxylation is 2. The Labute approximate surface area is 155 Å². The molecule has 0 atom stereocenters. The smallest absolute Gasteiger partial charge is 0.279 e. The summed E-state index contributed by atoms with van der Waals surface area (Å²) in [5, 5.41) is 8.07. The summed E-state index contributed by atoms with van der Waals surface area (Å²) < 4.78 is 41.1. The Kier molecular flexibility index (Phi) is 4.95. The predicted octanol–water partition coefficient (Wildman–Crippen LogP) is 3.22. The first-order valence-electron chi connectivity index (χ1n) is 7.96. The van der Waals surface area contributed by atoms with Crippen LogP contribution in [0.5, 0.6) is 0 Å². The van der Waals surface area contributed by atoms with Gasteiger partial charge in [0.05, 0.1) is 11.8 Å². The first-order chi connectivity index (χ1) is 12.7. The van der Waals surface area contributed by atoms with Crippen molar-refractivity contribution in [2.45, 2.75) is 18.9 Å². The zero-order valence-electron chi connectivity index (χ0n) is 14.6. The molecule has 1 amide bonds. The van der Waals surface area contributed by atoms with Crippen molar-refractivity contribution >= 4 is 27.3 Å². The van der Waals surface area contributed by atoms with Crippen LogP contribution in [0.4, 0.5) is 15.8 Å². The minimum atomic E-state index is -4.08. The topological polar surface area (TPSA) is 104 Å². The highest BCUT2D eigenvalue weighted by Crippen LogP contribution is 2.21. The molecule has 0 aliphatic rings. The Hall–Kier alpha value is -3.20. The average molecular weight is 388 g/mol. The van der Waals surface area contributed by atoms with Gasteiger partial charge in [0.25, 0.3) is 15.9 Å². The minimum Gasteiger partial charge on any atom is -0.322 e. The van der Waals surface area contributed by atoms with Crippen molar-refractivity contribution in [3.05, 3.63) is 71.2 Å². The van der Waals surface area contributed by atoms with Gasteiger partial charge in [-0.15, -0.1) is 0 Å². The van der Waals surface area contributed by atoms with E-state index in [1.165, 1.54) is 18.2 Å². The molecule has 0 saturated heterocycles. The monoisotopic (exact) mass is 388 g/mol. The van der Waals surface area contributed by atoms with Crippen molar-refractivity contribution in [2.75, 3.05) is 10.0 Å². The summed E-state index contributed by atoms with van der Waals surface area (Å²) in [6, 6.07) is 10.5. The van der Waals surface area contributed by atoms with Crippen LogP contribution in [-0.2, 0) is 10.0 Å². The number of carbonyl (C=O) groups is 1. The van der Waals surface area contributed by atoms with E-state index in [2.05, 4.69) is 20.2 Å². The maximum Gasteiger partial charge on any atom is 0.279 e. The van der Waals surface area contributed by atoms with Gasteiger partial charge in [-0.2, -0.15) is 13.5 Å². The predicted molar refractivity (Wildman–Crippen MR) is 99.7 cm³/mol. The van der Waals surface area contributed by atoms with Gasteiger partial charge in [0.2, 0.25) is 0 Å². The van der Waals surface area contributed by atoms with E-state index in [-0.39, 0.29) is 16.3 Å². The molecule has 27 heavy (non-hydrogen) atoms. The van der Waals surface area contributed by atoms with Crippen molar-refractivity contribution in [3.63, 3.8) is 0 Å². The van der Waals surface area contributed by atoms with E-state index in [4.69, 9.17) is 0 Å². The van der Waals surface area contributed by atoms with Crippen LogP contribution in [0.2, 0.25) is 0 Å². The molecule has 3 N–H and O–H groups in total. The standard InChI is InChI=1S/C18H17FN4O3S/c1-11-6-12(2)8-15(7-11)23-27(25,26)18-16(10-20-22-18)17(24)21-14-5-3-4-13(19)9-14/h3-10,23H,1-2H3,(H,20,22)(H,21,24). The summed E-state index contributed by atoms with van der Waals surface area (Å²) >= 11 is 0. The summed E-state index contributed by atoms with van der Waals surface area (Å²) in [6.07, 6.45) is 1.10. The van der Waals surface area contributed by atoms with Crippen LogP contribution in [0, 0.1) is 19.7 Å². The first kappa shape index (κ1) is 18.6. The zero-order valence-corrected chi connectivity index (χ0v) is 15.4. The molecule has 140 valence electrons. The number of aromatic amines is 1. The number of nitrogens with one attached hydrogen (secondary N) is 3. The number of amides is 1. The largest absolute Gasteiger partial charge is 0.322 e. The number of benzene rings is 2. The number of rotatable bonds is 5. The second-order valence-corrected chi connectivity index (χ2v) is 7.68. The lowest BCUT2D eigenvalue weighted by molar-refractivity contribution is 0.102. The summed E-state index contributed by atoms with van der Waals surface area (Å²) in [7, 11) is -4.08. The number of anilines is 2. The third-order valence-electron chi connectivity index (χ3n) is 3.67. The van der Waals surface area contributed by atoms with Gasteiger partial charge in [-0.3, -0.25) is 14.6 Å². The summed E-state index contributed by atoms with van der Waals surface area (Å²) in [5.41, 5.74) is 2.17. The van der Waals surface area contributed by atoms with E-state index in [0.29, 0.717) is 5.69 Å². The van der Waals surface area contributed by atoms with E-state index in [9.17, 15) is 17.6 Å². The quantitative estimate of drug-likeness (QED) is 0.624. The number of hydrogen-bond donors (Lipinski definition) is 3. The number of carbonyl (C=O) groups excluding carboxylic acids is 1. The van der Waals surface area contributed by atoms with Gasteiger partial charge in [-0.1, -0.05) is 12.1 Å². The first-order valence-corrected chi connectivity index (χ1v) is 9.44. The number of hydrogen-bond acceptors (Lipinski definition) is 4. The lowest BCUT2D eigenvalue weighted by atomic mass is 10.1. The number of H-pyrrole nitrogens is 1. The molecular formula is C18H17FN4O3S. The van der Waals surface area contributed by atoms with E-state index in [1.54, 1.807) is 12.1 Å². The molecule has 0 unspecified atom stereocenters. The molecule has 0 fully saturated rings. The molecule has 1 aromatic heterocycles. The molecule has 0 aliphatic heterocycles. The van der Waals surface area contributed by atoms with E-state index < -0.39 is 21.7 Å². The Balaban J connectivity index is 1.87. The van der Waals surface area contributed by atoms with Crippen LogP contribution in [-0.4, -0.2) is 24.5 Å². The SMILES string of the molecule is Cc1cc(C)cc(NS(=O)(=O)c2[nH]ncc2C(=O)Nc2cccc(F)c2)c1. The molecule has 0 saturated carbocycles. The highest BCUT2D eigenvalue weighted by Gasteiger charge is 2.25. The highest BCUT2D eigenvalue weighted by molar-refractivity contribution is 7.92. The van der Waals surface area contributed by atoms with E-state index in [0.717, 1.165) is 23.4 Å². The molecule has 0 radical (unpaired) electrons. The van der Waals surface area contributed by atoms with Gasteiger partial charge in [0.1, 0.15) is 5.82 Å². The second kappa shape index (κ2) is 7.20. The van der Waals surface area contributed by atoms with Crippen molar-refractivity contribution in [2.24, 2.45) is 0 Å². The highest BCUT2D eigenvalue weighted by atomic mass is 32.2.